The molecular formula is C11H20N2O. The second-order valence-corrected chi connectivity index (χ2v) is 4.81. The van der Waals surface area contributed by atoms with Crippen LogP contribution in [0.1, 0.15) is 33.1 Å². The summed E-state index contributed by atoms with van der Waals surface area (Å²) in [5, 5.41) is 3.38. The Balaban J connectivity index is 2.07. The van der Waals surface area contributed by atoms with Crippen molar-refractivity contribution in [1.82, 2.24) is 10.2 Å². The van der Waals surface area contributed by atoms with Gasteiger partial charge in [0.15, 0.2) is 0 Å². The summed E-state index contributed by atoms with van der Waals surface area (Å²) < 4.78 is 0. The van der Waals surface area contributed by atoms with Crippen molar-refractivity contribution in [3.05, 3.63) is 0 Å². The largest absolute Gasteiger partial charge is 0.337 e. The molecule has 3 nitrogen and oxygen atoms in total. The molecule has 2 atom stereocenters. The predicted octanol–water partition coefficient (Wildman–Crippen LogP) is 0.995. The lowest BCUT2D eigenvalue weighted by molar-refractivity contribution is -0.141. The van der Waals surface area contributed by atoms with Gasteiger partial charge in [0.1, 0.15) is 0 Å². The molecule has 2 fully saturated rings. The number of rotatable bonds is 1. The lowest BCUT2D eigenvalue weighted by atomic mass is 9.93. The van der Waals surface area contributed by atoms with Gasteiger partial charge in [-0.1, -0.05) is 13.8 Å². The second kappa shape index (κ2) is 3.89. The van der Waals surface area contributed by atoms with Crippen LogP contribution in [0.5, 0.6) is 0 Å². The van der Waals surface area contributed by atoms with E-state index in [4.69, 9.17) is 0 Å². The van der Waals surface area contributed by atoms with Crippen LogP contribution in [0.4, 0.5) is 0 Å². The van der Waals surface area contributed by atoms with Gasteiger partial charge in [0, 0.05) is 19.1 Å². The number of fused-ring (bicyclic) bond motifs is 1. The Morgan fingerprint density at radius 3 is 2.93 bits per heavy atom. The minimum absolute atomic E-state index is 0.0596. The second-order valence-electron chi connectivity index (χ2n) is 4.81. The van der Waals surface area contributed by atoms with Gasteiger partial charge in [0.25, 0.3) is 0 Å². The van der Waals surface area contributed by atoms with E-state index >= 15 is 0 Å². The summed E-state index contributed by atoms with van der Waals surface area (Å²) in [6.45, 7) is 6.20. The summed E-state index contributed by atoms with van der Waals surface area (Å²) in [5.41, 5.74) is 0. The number of amides is 1. The van der Waals surface area contributed by atoms with Crippen LogP contribution in [0.15, 0.2) is 0 Å². The van der Waals surface area contributed by atoms with E-state index in [9.17, 15) is 4.79 Å². The van der Waals surface area contributed by atoms with E-state index in [1.54, 1.807) is 0 Å². The fourth-order valence-corrected chi connectivity index (χ4v) is 2.55. The highest BCUT2D eigenvalue weighted by Crippen LogP contribution is 2.22. The summed E-state index contributed by atoms with van der Waals surface area (Å²) >= 11 is 0. The molecule has 2 rings (SSSR count). The summed E-state index contributed by atoms with van der Waals surface area (Å²) in [4.78, 5) is 14.2. The van der Waals surface area contributed by atoms with Crippen LogP contribution in [0, 0.1) is 5.92 Å². The van der Waals surface area contributed by atoms with E-state index < -0.39 is 0 Å². The molecule has 2 heterocycles. The Labute approximate surface area is 85.8 Å². The van der Waals surface area contributed by atoms with Gasteiger partial charge in [-0.3, -0.25) is 4.79 Å². The van der Waals surface area contributed by atoms with Gasteiger partial charge in [-0.25, -0.2) is 0 Å². The molecule has 0 aromatic rings. The number of piperazine rings is 1. The molecule has 2 aliphatic rings. The maximum Gasteiger partial charge on any atom is 0.240 e. The van der Waals surface area contributed by atoms with Crippen LogP contribution in [0.3, 0.4) is 0 Å². The first-order chi connectivity index (χ1) is 6.70. The molecule has 14 heavy (non-hydrogen) atoms. The molecule has 3 heteroatoms. The van der Waals surface area contributed by atoms with Gasteiger partial charge in [-0.15, -0.1) is 0 Å². The molecule has 1 amide bonds. The zero-order chi connectivity index (χ0) is 10.1. The summed E-state index contributed by atoms with van der Waals surface area (Å²) in [7, 11) is 0. The van der Waals surface area contributed by atoms with Crippen LogP contribution in [-0.2, 0) is 4.79 Å². The molecule has 2 saturated heterocycles. The fourth-order valence-electron chi connectivity index (χ4n) is 2.55. The number of carbonyl (C=O) groups is 1. The van der Waals surface area contributed by atoms with Crippen molar-refractivity contribution in [1.29, 1.82) is 0 Å². The van der Waals surface area contributed by atoms with E-state index in [1.165, 1.54) is 19.3 Å². The molecule has 0 spiro atoms. The molecule has 2 unspecified atom stereocenters. The Morgan fingerprint density at radius 2 is 2.21 bits per heavy atom. The van der Waals surface area contributed by atoms with Crippen molar-refractivity contribution in [2.45, 2.75) is 45.2 Å². The first-order valence-corrected chi connectivity index (χ1v) is 5.74. The monoisotopic (exact) mass is 196 g/mol. The van der Waals surface area contributed by atoms with E-state index in [1.807, 2.05) is 0 Å². The lowest BCUT2D eigenvalue weighted by Crippen LogP contribution is -2.62. The number of piperidine rings is 1. The molecule has 0 aromatic carbocycles. The van der Waals surface area contributed by atoms with E-state index in [2.05, 4.69) is 24.1 Å². The van der Waals surface area contributed by atoms with Gasteiger partial charge in [-0.05, 0) is 25.2 Å². The topological polar surface area (TPSA) is 32.3 Å². The van der Waals surface area contributed by atoms with Crippen LogP contribution in [0.2, 0.25) is 0 Å². The van der Waals surface area contributed by atoms with E-state index in [0.717, 1.165) is 13.1 Å². The Bertz CT molecular complexity index is 227. The molecule has 0 bridgehead atoms. The van der Waals surface area contributed by atoms with Crippen LogP contribution in [0.25, 0.3) is 0 Å². The molecule has 0 radical (unpaired) electrons. The summed E-state index contributed by atoms with van der Waals surface area (Å²) in [6, 6.07) is 0.538. The molecule has 2 aliphatic heterocycles. The van der Waals surface area contributed by atoms with Crippen molar-refractivity contribution in [2.75, 3.05) is 13.1 Å². The van der Waals surface area contributed by atoms with Crippen molar-refractivity contribution in [2.24, 2.45) is 5.92 Å². The quantitative estimate of drug-likeness (QED) is 0.678. The van der Waals surface area contributed by atoms with Gasteiger partial charge in [-0.2, -0.15) is 0 Å². The number of hydrogen-bond donors (Lipinski definition) is 1. The SMILES string of the molecule is CC(C)C1NCC2CCCCN2C1=O. The normalized spacial score (nSPS) is 33.4. The molecule has 0 saturated carbocycles. The summed E-state index contributed by atoms with van der Waals surface area (Å²) in [5.74, 6) is 0.737. The first kappa shape index (κ1) is 9.97. The summed E-state index contributed by atoms with van der Waals surface area (Å²) in [6.07, 6.45) is 3.65. The predicted molar refractivity (Wildman–Crippen MR) is 56.0 cm³/mol. The Morgan fingerprint density at radius 1 is 1.43 bits per heavy atom. The Hall–Kier alpha value is -0.570. The first-order valence-electron chi connectivity index (χ1n) is 5.74. The number of nitrogens with zero attached hydrogens (tertiary/aromatic N) is 1. The highest BCUT2D eigenvalue weighted by Gasteiger charge is 2.37. The minimum Gasteiger partial charge on any atom is -0.337 e. The zero-order valence-electron chi connectivity index (χ0n) is 9.12. The molecular weight excluding hydrogens is 176 g/mol. The number of carbonyl (C=O) groups excluding carboxylic acids is 1. The molecule has 0 aliphatic carbocycles. The van der Waals surface area contributed by atoms with Crippen LogP contribution < -0.4 is 5.32 Å². The highest BCUT2D eigenvalue weighted by atomic mass is 16.2. The fraction of sp³-hybridized carbons (Fsp3) is 0.909. The van der Waals surface area contributed by atoms with Crippen molar-refractivity contribution < 1.29 is 4.79 Å². The third-order valence-electron chi connectivity index (χ3n) is 3.42. The number of nitrogens with one attached hydrogen (secondary N) is 1. The third kappa shape index (κ3) is 1.65. The average molecular weight is 196 g/mol. The highest BCUT2D eigenvalue weighted by molar-refractivity contribution is 5.83. The Kier molecular flexibility index (Phi) is 2.77. The average Bonchev–Trinajstić information content (AvgIpc) is 2.18. The maximum atomic E-state index is 12.1. The van der Waals surface area contributed by atoms with Crippen molar-refractivity contribution >= 4 is 5.91 Å². The molecule has 1 N–H and O–H groups in total. The third-order valence-corrected chi connectivity index (χ3v) is 3.42. The molecule has 80 valence electrons. The van der Waals surface area contributed by atoms with Crippen molar-refractivity contribution in [3.63, 3.8) is 0 Å². The van der Waals surface area contributed by atoms with Gasteiger partial charge >= 0.3 is 0 Å². The maximum absolute atomic E-state index is 12.1. The molecule has 0 aromatic heterocycles. The smallest absolute Gasteiger partial charge is 0.240 e. The standard InChI is InChI=1S/C11H20N2O/c1-8(2)10-11(14)13-6-4-3-5-9(13)7-12-10/h8-10,12H,3-7H2,1-2H3. The van der Waals surface area contributed by atoms with Crippen molar-refractivity contribution in [3.8, 4) is 0 Å². The van der Waals surface area contributed by atoms with Gasteiger partial charge in [0.05, 0.1) is 6.04 Å². The van der Waals surface area contributed by atoms with Crippen LogP contribution >= 0.6 is 0 Å². The lowest BCUT2D eigenvalue weighted by Gasteiger charge is -2.43. The van der Waals surface area contributed by atoms with E-state index in [-0.39, 0.29) is 6.04 Å². The van der Waals surface area contributed by atoms with Gasteiger partial charge in [0.2, 0.25) is 5.91 Å². The van der Waals surface area contributed by atoms with Crippen LogP contribution in [-0.4, -0.2) is 36.0 Å². The van der Waals surface area contributed by atoms with E-state index in [0.29, 0.717) is 17.9 Å². The minimum atomic E-state index is 0.0596. The zero-order valence-corrected chi connectivity index (χ0v) is 9.12. The number of hydrogen-bond acceptors (Lipinski definition) is 2. The van der Waals surface area contributed by atoms with Gasteiger partial charge < -0.3 is 10.2 Å².